The van der Waals surface area contributed by atoms with Crippen molar-refractivity contribution >= 4 is 5.91 Å². The Hall–Kier alpha value is -0.570. The maximum Gasteiger partial charge on any atom is 0.225 e. The summed E-state index contributed by atoms with van der Waals surface area (Å²) in [7, 11) is 3.26. The lowest BCUT2D eigenvalue weighted by Crippen LogP contribution is -2.33. The third-order valence-electron chi connectivity index (χ3n) is 1.73. The van der Waals surface area contributed by atoms with Crippen molar-refractivity contribution in [2.75, 3.05) is 20.8 Å². The van der Waals surface area contributed by atoms with Crippen LogP contribution in [0.25, 0.3) is 0 Å². The van der Waals surface area contributed by atoms with Gasteiger partial charge in [-0.3, -0.25) is 4.79 Å². The van der Waals surface area contributed by atoms with Gasteiger partial charge < -0.3 is 10.1 Å². The molecule has 1 amide bonds. The molecule has 0 saturated carbocycles. The van der Waals surface area contributed by atoms with E-state index in [0.717, 1.165) is 0 Å². The number of carbonyl (C=O) groups is 1. The van der Waals surface area contributed by atoms with E-state index in [2.05, 4.69) is 5.32 Å². The largest absolute Gasteiger partial charge is 0.384 e. The molecular weight excluding hydrogens is 142 g/mol. The molecule has 1 N–H and O–H groups in total. The van der Waals surface area contributed by atoms with Crippen LogP contribution in [0.15, 0.2) is 0 Å². The van der Waals surface area contributed by atoms with Gasteiger partial charge in [0.15, 0.2) is 0 Å². The first-order valence-electron chi connectivity index (χ1n) is 3.84. The number of methoxy groups -OCH3 is 1. The van der Waals surface area contributed by atoms with Gasteiger partial charge in [-0.1, -0.05) is 13.8 Å². The van der Waals surface area contributed by atoms with Crippen molar-refractivity contribution in [3.05, 3.63) is 0 Å². The molecule has 0 aromatic heterocycles. The molecule has 0 radical (unpaired) electrons. The number of carbonyl (C=O) groups excluding carboxylic acids is 1. The minimum absolute atomic E-state index is 0.0231. The van der Waals surface area contributed by atoms with Crippen LogP contribution >= 0.6 is 0 Å². The zero-order valence-electron chi connectivity index (χ0n) is 7.68. The van der Waals surface area contributed by atoms with Crippen LogP contribution in [0, 0.1) is 11.8 Å². The first-order valence-corrected chi connectivity index (χ1v) is 3.84. The fourth-order valence-electron chi connectivity index (χ4n) is 0.936. The molecule has 0 aliphatic heterocycles. The maximum atomic E-state index is 11.2. The highest BCUT2D eigenvalue weighted by Gasteiger charge is 2.20. The van der Waals surface area contributed by atoms with Crippen LogP contribution in [0.5, 0.6) is 0 Å². The monoisotopic (exact) mass is 159 g/mol. The Labute approximate surface area is 68.1 Å². The van der Waals surface area contributed by atoms with Crippen LogP contribution in [-0.2, 0) is 9.53 Å². The van der Waals surface area contributed by atoms with Crippen molar-refractivity contribution in [2.45, 2.75) is 13.8 Å². The topological polar surface area (TPSA) is 38.3 Å². The van der Waals surface area contributed by atoms with Gasteiger partial charge in [0.05, 0.1) is 12.5 Å². The molecule has 0 spiro atoms. The van der Waals surface area contributed by atoms with Gasteiger partial charge in [0.2, 0.25) is 5.91 Å². The Morgan fingerprint density at radius 1 is 1.55 bits per heavy atom. The average Bonchev–Trinajstić information content (AvgIpc) is 1.98. The van der Waals surface area contributed by atoms with Gasteiger partial charge in [-0.05, 0) is 5.92 Å². The average molecular weight is 159 g/mol. The maximum absolute atomic E-state index is 11.2. The van der Waals surface area contributed by atoms with E-state index in [9.17, 15) is 4.79 Å². The Kier molecular flexibility index (Phi) is 4.86. The molecule has 1 atom stereocenters. The van der Waals surface area contributed by atoms with Gasteiger partial charge in [-0.15, -0.1) is 0 Å². The minimum atomic E-state index is -0.0231. The summed E-state index contributed by atoms with van der Waals surface area (Å²) in [6, 6.07) is 0. The molecule has 1 unspecified atom stereocenters. The standard InChI is InChI=1S/C8H17NO2/c1-6(2)7(5-11-4)8(10)9-3/h6-7H,5H2,1-4H3,(H,9,10). The van der Waals surface area contributed by atoms with Gasteiger partial charge >= 0.3 is 0 Å². The lowest BCUT2D eigenvalue weighted by atomic mass is 9.96. The lowest BCUT2D eigenvalue weighted by molar-refractivity contribution is -0.127. The van der Waals surface area contributed by atoms with Crippen molar-refractivity contribution in [1.82, 2.24) is 5.32 Å². The fourth-order valence-corrected chi connectivity index (χ4v) is 0.936. The highest BCUT2D eigenvalue weighted by molar-refractivity contribution is 5.78. The molecule has 3 heteroatoms. The first-order chi connectivity index (χ1) is 5.13. The Bertz CT molecular complexity index is 123. The van der Waals surface area contributed by atoms with E-state index in [4.69, 9.17) is 4.74 Å². The second-order valence-corrected chi connectivity index (χ2v) is 2.92. The van der Waals surface area contributed by atoms with Crippen molar-refractivity contribution in [3.8, 4) is 0 Å². The summed E-state index contributed by atoms with van der Waals surface area (Å²) in [6.07, 6.45) is 0. The normalized spacial score (nSPS) is 13.2. The number of nitrogens with one attached hydrogen (secondary N) is 1. The fraction of sp³-hybridized carbons (Fsp3) is 0.875. The van der Waals surface area contributed by atoms with E-state index in [1.165, 1.54) is 0 Å². The van der Waals surface area contributed by atoms with Gasteiger partial charge in [0, 0.05) is 14.2 Å². The molecule has 66 valence electrons. The quantitative estimate of drug-likeness (QED) is 0.654. The number of amides is 1. The molecule has 0 aromatic carbocycles. The summed E-state index contributed by atoms with van der Waals surface area (Å²) in [5.41, 5.74) is 0. The second kappa shape index (κ2) is 5.13. The van der Waals surface area contributed by atoms with E-state index in [0.29, 0.717) is 12.5 Å². The van der Waals surface area contributed by atoms with Crippen molar-refractivity contribution in [3.63, 3.8) is 0 Å². The zero-order chi connectivity index (χ0) is 8.85. The summed E-state index contributed by atoms with van der Waals surface area (Å²) in [6.45, 7) is 4.52. The highest BCUT2D eigenvalue weighted by Crippen LogP contribution is 2.10. The molecule has 0 fully saturated rings. The number of hydrogen-bond donors (Lipinski definition) is 1. The molecule has 0 saturated heterocycles. The molecule has 3 nitrogen and oxygen atoms in total. The molecular formula is C8H17NO2. The predicted molar refractivity (Wildman–Crippen MR) is 44.3 cm³/mol. The van der Waals surface area contributed by atoms with Crippen LogP contribution in [0.4, 0.5) is 0 Å². The Morgan fingerprint density at radius 2 is 2.09 bits per heavy atom. The second-order valence-electron chi connectivity index (χ2n) is 2.92. The molecule has 0 rings (SSSR count). The van der Waals surface area contributed by atoms with Crippen LogP contribution in [0.3, 0.4) is 0 Å². The van der Waals surface area contributed by atoms with E-state index in [-0.39, 0.29) is 11.8 Å². The van der Waals surface area contributed by atoms with Crippen LogP contribution < -0.4 is 5.32 Å². The third kappa shape index (κ3) is 3.37. The number of ether oxygens (including phenoxy) is 1. The molecule has 0 aliphatic rings. The minimum Gasteiger partial charge on any atom is -0.384 e. The van der Waals surface area contributed by atoms with Crippen molar-refractivity contribution in [1.29, 1.82) is 0 Å². The van der Waals surface area contributed by atoms with Gasteiger partial charge in [0.1, 0.15) is 0 Å². The SMILES string of the molecule is CNC(=O)C(COC)C(C)C. The van der Waals surface area contributed by atoms with Gasteiger partial charge in [-0.2, -0.15) is 0 Å². The summed E-state index contributed by atoms with van der Waals surface area (Å²) >= 11 is 0. The van der Waals surface area contributed by atoms with E-state index >= 15 is 0 Å². The smallest absolute Gasteiger partial charge is 0.225 e. The first kappa shape index (κ1) is 10.4. The predicted octanol–water partition coefficient (Wildman–Crippen LogP) is 0.651. The molecule has 0 heterocycles. The molecule has 0 aliphatic carbocycles. The zero-order valence-corrected chi connectivity index (χ0v) is 7.68. The van der Waals surface area contributed by atoms with E-state index in [1.54, 1.807) is 14.2 Å². The van der Waals surface area contributed by atoms with Gasteiger partial charge in [-0.25, -0.2) is 0 Å². The van der Waals surface area contributed by atoms with Crippen molar-refractivity contribution < 1.29 is 9.53 Å². The summed E-state index contributed by atoms with van der Waals surface area (Å²) in [5, 5.41) is 2.61. The third-order valence-corrected chi connectivity index (χ3v) is 1.73. The highest BCUT2D eigenvalue weighted by atomic mass is 16.5. The van der Waals surface area contributed by atoms with Crippen LogP contribution in [0.1, 0.15) is 13.8 Å². The molecule has 11 heavy (non-hydrogen) atoms. The van der Waals surface area contributed by atoms with Crippen LogP contribution in [0.2, 0.25) is 0 Å². The Balaban J connectivity index is 3.98. The summed E-state index contributed by atoms with van der Waals surface area (Å²) < 4.78 is 4.93. The Morgan fingerprint density at radius 3 is 2.36 bits per heavy atom. The summed E-state index contributed by atoms with van der Waals surface area (Å²) in [4.78, 5) is 11.2. The van der Waals surface area contributed by atoms with Crippen LogP contribution in [-0.4, -0.2) is 26.7 Å². The van der Waals surface area contributed by atoms with E-state index in [1.807, 2.05) is 13.8 Å². The van der Waals surface area contributed by atoms with E-state index < -0.39 is 0 Å². The molecule has 0 aromatic rings. The van der Waals surface area contributed by atoms with Crippen molar-refractivity contribution in [2.24, 2.45) is 11.8 Å². The summed E-state index contributed by atoms with van der Waals surface area (Å²) in [5.74, 6) is 0.363. The van der Waals surface area contributed by atoms with Gasteiger partial charge in [0.25, 0.3) is 0 Å². The number of hydrogen-bond acceptors (Lipinski definition) is 2. The number of rotatable bonds is 4. The molecule has 0 bridgehead atoms. The lowest BCUT2D eigenvalue weighted by Gasteiger charge is -2.17.